The van der Waals surface area contributed by atoms with Gasteiger partial charge in [0.1, 0.15) is 42.6 Å². The number of hydrogen-bond acceptors (Lipinski definition) is 6. The molecule has 18 aromatic rings. The van der Waals surface area contributed by atoms with Crippen molar-refractivity contribution in [1.29, 1.82) is 0 Å². The summed E-state index contributed by atoms with van der Waals surface area (Å²) in [6.07, 6.45) is 0. The molecule has 0 radical (unpaired) electrons. The van der Waals surface area contributed by atoms with Gasteiger partial charge in [0.05, 0.1) is 44.1 Å². The van der Waals surface area contributed by atoms with Crippen molar-refractivity contribution in [3.63, 3.8) is 0 Å². The maximum Gasteiger partial charge on any atom is 0.213 e. The second-order valence-electron chi connectivity index (χ2n) is 25.1. The molecule has 0 N–H and O–H groups in total. The van der Waals surface area contributed by atoms with Gasteiger partial charge in [0, 0.05) is 65.8 Å². The van der Waals surface area contributed by atoms with Crippen LogP contribution in [0.4, 0.5) is 0 Å². The Kier molecular flexibility index (Phi) is 10.7. The van der Waals surface area contributed by atoms with E-state index in [1.807, 2.05) is 12.1 Å². The van der Waals surface area contributed by atoms with Gasteiger partial charge in [0.25, 0.3) is 0 Å². The summed E-state index contributed by atoms with van der Waals surface area (Å²) in [5.41, 5.74) is 17.9. The lowest BCUT2D eigenvalue weighted by Crippen LogP contribution is -2.13. The van der Waals surface area contributed by atoms with E-state index in [9.17, 15) is 0 Å². The third-order valence-corrected chi connectivity index (χ3v) is 23.8. The van der Waals surface area contributed by atoms with Gasteiger partial charge in [-0.05, 0) is 190 Å². The third-order valence-electron chi connectivity index (χ3n) is 20.1. The number of para-hydroxylation sites is 8. The maximum atomic E-state index is 15.1. The number of rotatable bonds is 4. The Balaban J connectivity index is 0.846. The highest BCUT2D eigenvalue weighted by Crippen LogP contribution is 2.57. The Morgan fingerprint density at radius 1 is 0.198 bits per heavy atom. The molecule has 0 saturated heterocycles. The fraction of sp³-hybridized carbons (Fsp3) is 0. The Morgan fingerprint density at radius 2 is 0.458 bits per heavy atom. The third kappa shape index (κ3) is 7.22. The van der Waals surface area contributed by atoms with E-state index < -0.39 is 19.7 Å². The number of sulfone groups is 2. The van der Waals surface area contributed by atoms with E-state index >= 15 is 16.8 Å². The molecular weight excluding hydrogens is 1230 g/mol. The first-order chi connectivity index (χ1) is 47.1. The van der Waals surface area contributed by atoms with Crippen molar-refractivity contribution < 1.29 is 26.3 Å². The maximum absolute atomic E-state index is 15.1. The summed E-state index contributed by atoms with van der Waals surface area (Å²) in [5.74, 6) is 0.763. The summed E-state index contributed by atoms with van der Waals surface area (Å²) < 4.78 is 83.0. The fourth-order valence-electron chi connectivity index (χ4n) is 16.0. The van der Waals surface area contributed by atoms with E-state index in [0.717, 1.165) is 111 Å². The van der Waals surface area contributed by atoms with Crippen LogP contribution >= 0.6 is 0 Å². The molecule has 0 amide bonds. The number of hydrogen-bond donors (Lipinski definition) is 0. The molecule has 2 aliphatic heterocycles. The van der Waals surface area contributed by atoms with Gasteiger partial charge in [-0.2, -0.15) is 0 Å². The quantitative estimate of drug-likeness (QED) is 0.174. The van der Waals surface area contributed by atoms with Gasteiger partial charge in [-0.25, -0.2) is 16.8 Å². The Bertz CT molecular complexity index is 6310. The Labute approximate surface area is 549 Å². The average molecular weight is 1270 g/mol. The zero-order chi connectivity index (χ0) is 63.4. The molecule has 3 aliphatic rings. The molecule has 6 heterocycles. The van der Waals surface area contributed by atoms with Crippen LogP contribution in [0.3, 0.4) is 0 Å². The minimum atomic E-state index is -4.17. The normalized spacial score (nSPS) is 13.9. The SMILES string of the molecule is O=S1(=O)c2ccccc2Oc2cc3c(cc21)-c1cc2c(cc1-c1ccc(-n4c5ccccc5c5cc(-n6c7ccccc7c7ccccc76)ccc54)cc1-c1cc(-n4c5ccccc5c5cc(-n6c7ccccc7c7ccccc76)ccc54)ccc1-3)Oc1ccccc1S2(=O)=O. The van der Waals surface area contributed by atoms with E-state index in [-0.39, 0.29) is 42.6 Å². The van der Waals surface area contributed by atoms with Gasteiger partial charge in [-0.1, -0.05) is 146 Å². The molecular formula is C84H48N4O6S2. The van der Waals surface area contributed by atoms with Crippen LogP contribution in [-0.4, -0.2) is 35.1 Å². The molecule has 21 rings (SSSR count). The van der Waals surface area contributed by atoms with Crippen LogP contribution in [-0.2, 0) is 19.7 Å². The van der Waals surface area contributed by atoms with E-state index in [4.69, 9.17) is 9.47 Å². The molecule has 0 fully saturated rings. The summed E-state index contributed by atoms with van der Waals surface area (Å²) in [4.78, 5) is 0.0397. The Morgan fingerprint density at radius 3 is 0.812 bits per heavy atom. The minimum absolute atomic E-state index is 0.0272. The standard InChI is InChI=1S/C84H48N4O6S2/c89-95(90)81-31-15-13-29-77(81)93-79-45-63-53-37-33-49(87-73-27-11-5-21-59(73)67-43-51(35-39-75(67)87)85-69-23-7-1-17-55(69)56-18-2-8-24-70(56)85)41-61(53)62-42-50(34-38-54(62)64-46-80-84(48-66(64)65(63)47-83(79)95)96(91,92)82-32-16-14-30-78(82)94-80)88-74-28-12-6-22-60(74)68-44-52(36-40-76(68)88)86-71-25-9-3-19-57(71)58-20-4-10-26-72(58)86/h1-48H. The molecule has 4 aromatic heterocycles. The number of aromatic nitrogens is 4. The predicted molar refractivity (Wildman–Crippen MR) is 383 cm³/mol. The van der Waals surface area contributed by atoms with Crippen LogP contribution in [0.5, 0.6) is 23.0 Å². The van der Waals surface area contributed by atoms with E-state index in [1.54, 1.807) is 60.7 Å². The molecule has 14 aromatic carbocycles. The van der Waals surface area contributed by atoms with Crippen molar-refractivity contribution in [2.24, 2.45) is 0 Å². The molecule has 0 saturated carbocycles. The van der Waals surface area contributed by atoms with Crippen molar-refractivity contribution in [2.75, 3.05) is 0 Å². The lowest BCUT2D eigenvalue weighted by atomic mass is 9.80. The highest BCUT2D eigenvalue weighted by molar-refractivity contribution is 7.92. The van der Waals surface area contributed by atoms with Crippen LogP contribution in [0.1, 0.15) is 0 Å². The van der Waals surface area contributed by atoms with Crippen molar-refractivity contribution >= 4 is 107 Å². The van der Waals surface area contributed by atoms with Gasteiger partial charge in [-0.3, -0.25) is 0 Å². The van der Waals surface area contributed by atoms with Crippen LogP contribution in [0, 0.1) is 0 Å². The summed E-state index contributed by atoms with van der Waals surface area (Å²) in [7, 11) is -8.35. The van der Waals surface area contributed by atoms with Crippen LogP contribution in [0.15, 0.2) is 311 Å². The molecule has 0 atom stereocenters. The topological polar surface area (TPSA) is 106 Å². The molecule has 452 valence electrons. The smallest absolute Gasteiger partial charge is 0.213 e. The van der Waals surface area contributed by atoms with Gasteiger partial charge >= 0.3 is 0 Å². The van der Waals surface area contributed by atoms with Crippen molar-refractivity contribution in [3.05, 3.63) is 291 Å². The number of ether oxygens (including phenoxy) is 2. The van der Waals surface area contributed by atoms with Crippen molar-refractivity contribution in [1.82, 2.24) is 18.3 Å². The Hall–Kier alpha value is -12.2. The molecule has 0 unspecified atom stereocenters. The zero-order valence-corrected chi connectivity index (χ0v) is 52.4. The van der Waals surface area contributed by atoms with Crippen LogP contribution < -0.4 is 9.47 Å². The summed E-state index contributed by atoms with van der Waals surface area (Å²) in [5, 5.41) is 9.09. The molecule has 10 nitrogen and oxygen atoms in total. The minimum Gasteiger partial charge on any atom is -0.455 e. The summed E-state index contributed by atoms with van der Waals surface area (Å²) in [6, 6.07) is 98.3. The molecule has 0 bridgehead atoms. The first-order valence-electron chi connectivity index (χ1n) is 31.9. The van der Waals surface area contributed by atoms with E-state index in [1.165, 1.54) is 21.5 Å². The number of nitrogens with zero attached hydrogens (tertiary/aromatic N) is 4. The second kappa shape index (κ2) is 19.2. The molecule has 12 heteroatoms. The molecule has 1 aliphatic carbocycles. The van der Waals surface area contributed by atoms with Gasteiger partial charge in [0.15, 0.2) is 0 Å². The number of benzene rings is 14. The highest BCUT2D eigenvalue weighted by Gasteiger charge is 2.38. The highest BCUT2D eigenvalue weighted by atomic mass is 32.2. The molecule has 96 heavy (non-hydrogen) atoms. The van der Waals surface area contributed by atoms with Gasteiger partial charge < -0.3 is 27.7 Å². The fourth-order valence-corrected chi connectivity index (χ4v) is 19.0. The first-order valence-corrected chi connectivity index (χ1v) is 34.8. The summed E-state index contributed by atoms with van der Waals surface area (Å²) in [6.45, 7) is 0. The van der Waals surface area contributed by atoms with Gasteiger partial charge in [-0.15, -0.1) is 0 Å². The second-order valence-corrected chi connectivity index (χ2v) is 28.9. The zero-order valence-electron chi connectivity index (χ0n) is 50.8. The lowest BCUT2D eigenvalue weighted by Gasteiger charge is -2.29. The monoisotopic (exact) mass is 1270 g/mol. The van der Waals surface area contributed by atoms with Crippen molar-refractivity contribution in [3.8, 4) is 90.3 Å². The lowest BCUT2D eigenvalue weighted by molar-refractivity contribution is 0.442. The average Bonchev–Trinajstić information content (AvgIpc) is 0.806. The predicted octanol–water partition coefficient (Wildman–Crippen LogP) is 20.9. The number of fused-ring (bicyclic) bond motifs is 24. The van der Waals surface area contributed by atoms with Gasteiger partial charge in [0.2, 0.25) is 19.7 Å². The van der Waals surface area contributed by atoms with Crippen LogP contribution in [0.2, 0.25) is 0 Å². The molecule has 0 spiro atoms. The first kappa shape index (κ1) is 53.3. The van der Waals surface area contributed by atoms with E-state index in [2.05, 4.69) is 237 Å². The largest absolute Gasteiger partial charge is 0.455 e. The van der Waals surface area contributed by atoms with E-state index in [0.29, 0.717) is 22.3 Å². The van der Waals surface area contributed by atoms with Crippen molar-refractivity contribution in [2.45, 2.75) is 19.6 Å². The van der Waals surface area contributed by atoms with Crippen LogP contribution in [0.25, 0.3) is 154 Å². The summed E-state index contributed by atoms with van der Waals surface area (Å²) >= 11 is 0.